The molecule has 106 valence electrons. The summed E-state index contributed by atoms with van der Waals surface area (Å²) < 4.78 is 5.61. The van der Waals surface area contributed by atoms with Crippen molar-refractivity contribution in [1.82, 2.24) is 0 Å². The average Bonchev–Trinajstić information content (AvgIpc) is 2.45. The molecule has 0 amide bonds. The van der Waals surface area contributed by atoms with Gasteiger partial charge >= 0.3 is 0 Å². The van der Waals surface area contributed by atoms with Crippen LogP contribution in [0.15, 0.2) is 72.3 Å². The van der Waals surface area contributed by atoms with Crippen molar-refractivity contribution in [3.63, 3.8) is 0 Å². The Labute approximate surface area is 121 Å². The molecule has 0 saturated heterocycles. The Balaban J connectivity index is 5.25. The third kappa shape index (κ3) is 6.58. The smallest absolute Gasteiger partial charge is 0.165 e. The summed E-state index contributed by atoms with van der Waals surface area (Å²) in [5.41, 5.74) is 1.58. The molecule has 0 rings (SSSR count). The largest absolute Gasteiger partial charge is 0.457 e. The van der Waals surface area contributed by atoms with Crippen molar-refractivity contribution in [2.45, 2.75) is 26.9 Å². The lowest BCUT2D eigenvalue weighted by Gasteiger charge is -2.09. The molecule has 0 spiro atoms. The maximum Gasteiger partial charge on any atom is 0.165 e. The predicted octanol–water partition coefficient (Wildman–Crippen LogP) is 3.94. The zero-order valence-electron chi connectivity index (χ0n) is 12.3. The van der Waals surface area contributed by atoms with Gasteiger partial charge in [0.15, 0.2) is 6.10 Å². The lowest BCUT2D eigenvalue weighted by Crippen LogP contribution is -2.05. The minimum atomic E-state index is -1.19. The summed E-state index contributed by atoms with van der Waals surface area (Å²) in [6.45, 7) is 13.0. The number of nitrogens with zero attached hydrogens (tertiary/aromatic N) is 1. The fraction of sp³-hybridized carbons (Fsp3) is 0.235. The van der Waals surface area contributed by atoms with Crippen LogP contribution in [0.1, 0.15) is 20.8 Å². The second-order valence-electron chi connectivity index (χ2n) is 4.19. The molecule has 0 bridgehead atoms. The Kier molecular flexibility index (Phi) is 8.49. The average molecular weight is 271 g/mol. The van der Waals surface area contributed by atoms with E-state index in [0.29, 0.717) is 17.1 Å². The van der Waals surface area contributed by atoms with Crippen LogP contribution in [-0.4, -0.2) is 11.2 Å². The summed E-state index contributed by atoms with van der Waals surface area (Å²) in [5, 5.41) is 18.2. The predicted molar refractivity (Wildman–Crippen MR) is 82.5 cm³/mol. The van der Waals surface area contributed by atoms with Crippen LogP contribution in [0.4, 0.5) is 0 Å². The Bertz CT molecular complexity index is 510. The van der Waals surface area contributed by atoms with Crippen LogP contribution in [0.3, 0.4) is 0 Å². The van der Waals surface area contributed by atoms with Crippen LogP contribution in [0.2, 0.25) is 0 Å². The van der Waals surface area contributed by atoms with Crippen LogP contribution in [0.25, 0.3) is 0 Å². The summed E-state index contributed by atoms with van der Waals surface area (Å²) in [5.74, 6) is 0.986. The number of ether oxygens (including phenoxy) is 1. The lowest BCUT2D eigenvalue weighted by molar-refractivity contribution is 0.267. The van der Waals surface area contributed by atoms with E-state index in [1.165, 1.54) is 6.08 Å². The third-order valence-corrected chi connectivity index (χ3v) is 2.30. The van der Waals surface area contributed by atoms with Gasteiger partial charge in [0.1, 0.15) is 11.5 Å². The third-order valence-electron chi connectivity index (χ3n) is 2.30. The number of hydrogen-bond acceptors (Lipinski definition) is 3. The van der Waals surface area contributed by atoms with E-state index < -0.39 is 6.10 Å². The fourth-order valence-corrected chi connectivity index (χ4v) is 1.22. The van der Waals surface area contributed by atoms with E-state index in [9.17, 15) is 5.11 Å². The molecule has 3 heteroatoms. The molecule has 0 aromatic heterocycles. The zero-order valence-corrected chi connectivity index (χ0v) is 12.3. The van der Waals surface area contributed by atoms with Crippen LogP contribution < -0.4 is 0 Å². The van der Waals surface area contributed by atoms with Gasteiger partial charge in [0, 0.05) is 0 Å². The monoisotopic (exact) mass is 271 g/mol. The number of rotatable bonds is 7. The Hall–Kier alpha value is -2.31. The van der Waals surface area contributed by atoms with Gasteiger partial charge in [-0.3, -0.25) is 0 Å². The molecule has 0 aliphatic carbocycles. The maximum atomic E-state index is 9.52. The second kappa shape index (κ2) is 9.60. The van der Waals surface area contributed by atoms with E-state index in [-0.39, 0.29) is 0 Å². The molecule has 0 heterocycles. The summed E-state index contributed by atoms with van der Waals surface area (Å²) in [7, 11) is 0. The normalized spacial score (nSPS) is 14.1. The van der Waals surface area contributed by atoms with Gasteiger partial charge in [0.2, 0.25) is 0 Å². The molecule has 0 aromatic rings. The van der Waals surface area contributed by atoms with Gasteiger partial charge in [-0.15, -0.1) is 0 Å². The summed E-state index contributed by atoms with van der Waals surface area (Å²) >= 11 is 0. The first kappa shape index (κ1) is 17.7. The first-order valence-electron chi connectivity index (χ1n) is 6.22. The van der Waals surface area contributed by atoms with Gasteiger partial charge in [0.25, 0.3) is 0 Å². The molecule has 1 N–H and O–H groups in total. The van der Waals surface area contributed by atoms with Crippen molar-refractivity contribution < 1.29 is 9.84 Å². The van der Waals surface area contributed by atoms with E-state index in [4.69, 9.17) is 10.00 Å². The van der Waals surface area contributed by atoms with E-state index >= 15 is 0 Å². The van der Waals surface area contributed by atoms with E-state index in [1.54, 1.807) is 37.3 Å². The minimum Gasteiger partial charge on any atom is -0.457 e. The highest BCUT2D eigenvalue weighted by Crippen LogP contribution is 2.14. The van der Waals surface area contributed by atoms with Gasteiger partial charge in [0.05, 0.1) is 6.07 Å². The Morgan fingerprint density at radius 1 is 1.20 bits per heavy atom. The van der Waals surface area contributed by atoms with Crippen LogP contribution in [-0.2, 0) is 4.74 Å². The van der Waals surface area contributed by atoms with Gasteiger partial charge in [-0.1, -0.05) is 30.9 Å². The SMILES string of the molecule is C=C/C(=C\C=C(C)C)O/C(C=C)=C/C(=C\C)C(O)C#N. The molecule has 1 atom stereocenters. The van der Waals surface area contributed by atoms with Crippen LogP contribution in [0.5, 0.6) is 0 Å². The molecule has 0 aromatic carbocycles. The molecule has 0 saturated carbocycles. The van der Waals surface area contributed by atoms with Crippen LogP contribution in [0, 0.1) is 11.3 Å². The fourth-order valence-electron chi connectivity index (χ4n) is 1.22. The van der Waals surface area contributed by atoms with E-state index in [0.717, 1.165) is 5.57 Å². The first-order chi connectivity index (χ1) is 9.48. The van der Waals surface area contributed by atoms with Crippen molar-refractivity contribution in [1.29, 1.82) is 5.26 Å². The number of allylic oxidation sites excluding steroid dienone is 6. The molecular formula is C17H21NO2. The van der Waals surface area contributed by atoms with Gasteiger partial charge in [-0.2, -0.15) is 5.26 Å². The first-order valence-corrected chi connectivity index (χ1v) is 6.22. The molecule has 0 aliphatic heterocycles. The van der Waals surface area contributed by atoms with Crippen molar-refractivity contribution in [2.75, 3.05) is 0 Å². The highest BCUT2D eigenvalue weighted by atomic mass is 16.5. The molecule has 0 aliphatic rings. The second-order valence-corrected chi connectivity index (χ2v) is 4.19. The van der Waals surface area contributed by atoms with Crippen molar-refractivity contribution in [2.24, 2.45) is 0 Å². The number of hydrogen-bond donors (Lipinski definition) is 1. The number of aliphatic hydroxyl groups excluding tert-OH is 1. The Morgan fingerprint density at radius 3 is 2.20 bits per heavy atom. The molecular weight excluding hydrogens is 250 g/mol. The van der Waals surface area contributed by atoms with Crippen molar-refractivity contribution in [3.8, 4) is 6.07 Å². The van der Waals surface area contributed by atoms with Gasteiger partial charge in [-0.25, -0.2) is 0 Å². The quantitative estimate of drug-likeness (QED) is 0.433. The van der Waals surface area contributed by atoms with Gasteiger partial charge in [-0.05, 0) is 50.6 Å². The van der Waals surface area contributed by atoms with Gasteiger partial charge < -0.3 is 9.84 Å². The molecule has 0 fully saturated rings. The highest BCUT2D eigenvalue weighted by molar-refractivity contribution is 5.33. The van der Waals surface area contributed by atoms with Crippen molar-refractivity contribution in [3.05, 3.63) is 72.3 Å². The standard InChI is InChI=1S/C17H21NO2/c1-6-14(17(19)12-18)11-16(8-3)20-15(7-2)10-9-13(4)5/h6-11,17,19H,2-3H2,1,4-5H3/b14-6+,15-10+,16-11+. The summed E-state index contributed by atoms with van der Waals surface area (Å²) in [6, 6.07) is 1.76. The Morgan fingerprint density at radius 2 is 1.80 bits per heavy atom. The van der Waals surface area contributed by atoms with E-state index in [1.807, 2.05) is 19.9 Å². The summed E-state index contributed by atoms with van der Waals surface area (Å²) in [4.78, 5) is 0. The maximum absolute atomic E-state index is 9.52. The topological polar surface area (TPSA) is 53.2 Å². The molecule has 3 nitrogen and oxygen atoms in total. The lowest BCUT2D eigenvalue weighted by atomic mass is 10.1. The van der Waals surface area contributed by atoms with E-state index in [2.05, 4.69) is 13.2 Å². The molecule has 20 heavy (non-hydrogen) atoms. The number of nitriles is 1. The zero-order chi connectivity index (χ0) is 15.5. The molecule has 0 radical (unpaired) electrons. The molecule has 1 unspecified atom stereocenters. The number of aliphatic hydroxyl groups is 1. The van der Waals surface area contributed by atoms with Crippen LogP contribution >= 0.6 is 0 Å². The van der Waals surface area contributed by atoms with Crippen molar-refractivity contribution >= 4 is 0 Å². The highest BCUT2D eigenvalue weighted by Gasteiger charge is 2.07. The minimum absolute atomic E-state index is 0.431. The summed E-state index contributed by atoms with van der Waals surface area (Å²) in [6.07, 6.45) is 8.80.